The van der Waals surface area contributed by atoms with Gasteiger partial charge < -0.3 is 20.3 Å². The van der Waals surface area contributed by atoms with Gasteiger partial charge in [-0.05, 0) is 43.5 Å². The number of hydrogen-bond donors (Lipinski definition) is 2. The Kier molecular flexibility index (Phi) is 5.35. The van der Waals surface area contributed by atoms with Crippen molar-refractivity contribution < 1.29 is 14.3 Å². The van der Waals surface area contributed by atoms with E-state index < -0.39 is 0 Å². The molecule has 0 radical (unpaired) electrons. The zero-order valence-electron chi connectivity index (χ0n) is 14.1. The molecule has 0 saturated carbocycles. The summed E-state index contributed by atoms with van der Waals surface area (Å²) in [6.45, 7) is 5.07. The van der Waals surface area contributed by atoms with E-state index in [2.05, 4.69) is 17.6 Å². The van der Waals surface area contributed by atoms with Gasteiger partial charge in [0.25, 0.3) is 0 Å². The summed E-state index contributed by atoms with van der Waals surface area (Å²) < 4.78 is 5.76. The number of aryl methyl sites for hydroxylation is 1. The molecule has 1 aromatic carbocycles. The lowest BCUT2D eigenvalue weighted by molar-refractivity contribution is -0.132. The normalized spacial score (nSPS) is 20.3. The van der Waals surface area contributed by atoms with Crippen molar-refractivity contribution in [3.63, 3.8) is 0 Å². The number of rotatable bonds is 5. The van der Waals surface area contributed by atoms with Gasteiger partial charge in [0.05, 0.1) is 6.61 Å². The average Bonchev–Trinajstić information content (AvgIpc) is 2.58. The van der Waals surface area contributed by atoms with Gasteiger partial charge in [0, 0.05) is 44.2 Å². The van der Waals surface area contributed by atoms with Crippen LogP contribution in [-0.4, -0.2) is 49.0 Å². The topological polar surface area (TPSA) is 70.7 Å². The molecular weight excluding hydrogens is 306 g/mol. The average molecular weight is 331 g/mol. The van der Waals surface area contributed by atoms with Crippen LogP contribution in [-0.2, 0) is 16.0 Å². The monoisotopic (exact) mass is 331 g/mol. The summed E-state index contributed by atoms with van der Waals surface area (Å²) in [5.41, 5.74) is 1.99. The molecule has 1 unspecified atom stereocenters. The Hall–Kier alpha value is -2.08. The fraction of sp³-hybridized carbons (Fsp3) is 0.556. The van der Waals surface area contributed by atoms with Crippen LogP contribution in [0.2, 0.25) is 0 Å². The zero-order valence-corrected chi connectivity index (χ0v) is 14.1. The van der Waals surface area contributed by atoms with Gasteiger partial charge in [0.2, 0.25) is 11.8 Å². The summed E-state index contributed by atoms with van der Waals surface area (Å²) in [6, 6.07) is 6.10. The number of amides is 2. The molecule has 1 fully saturated rings. The summed E-state index contributed by atoms with van der Waals surface area (Å²) >= 11 is 0. The van der Waals surface area contributed by atoms with Gasteiger partial charge >= 0.3 is 0 Å². The lowest BCUT2D eigenvalue weighted by Gasteiger charge is -2.32. The molecular formula is C18H25N3O3. The minimum absolute atomic E-state index is 0.0666. The second-order valence-corrected chi connectivity index (χ2v) is 6.51. The van der Waals surface area contributed by atoms with Crippen molar-refractivity contribution in [2.75, 3.05) is 31.6 Å². The molecule has 6 nitrogen and oxygen atoms in total. The third-order valence-corrected chi connectivity index (χ3v) is 4.50. The first-order valence-electron chi connectivity index (χ1n) is 8.68. The van der Waals surface area contributed by atoms with E-state index in [-0.39, 0.29) is 11.8 Å². The first-order chi connectivity index (χ1) is 11.6. The Balaban J connectivity index is 1.42. The fourth-order valence-electron chi connectivity index (χ4n) is 3.18. The van der Waals surface area contributed by atoms with Crippen LogP contribution in [0.25, 0.3) is 0 Å². The van der Waals surface area contributed by atoms with Gasteiger partial charge in [0.15, 0.2) is 0 Å². The van der Waals surface area contributed by atoms with E-state index in [9.17, 15) is 9.59 Å². The van der Waals surface area contributed by atoms with Crippen molar-refractivity contribution >= 4 is 17.5 Å². The Morgan fingerprint density at radius 2 is 2.25 bits per heavy atom. The van der Waals surface area contributed by atoms with Gasteiger partial charge in [-0.15, -0.1) is 0 Å². The van der Waals surface area contributed by atoms with Gasteiger partial charge in [0.1, 0.15) is 5.75 Å². The number of piperazine rings is 1. The zero-order chi connectivity index (χ0) is 16.9. The van der Waals surface area contributed by atoms with Gasteiger partial charge in [-0.2, -0.15) is 0 Å². The first-order valence-corrected chi connectivity index (χ1v) is 8.68. The molecule has 2 heterocycles. The number of carbonyl (C=O) groups excluding carboxylic acids is 2. The summed E-state index contributed by atoms with van der Waals surface area (Å²) in [6.07, 6.45) is 2.50. The third kappa shape index (κ3) is 4.26. The number of hydrogen-bond acceptors (Lipinski definition) is 4. The maximum absolute atomic E-state index is 12.2. The molecule has 24 heavy (non-hydrogen) atoms. The number of ether oxygens (including phenoxy) is 1. The number of carbonyl (C=O) groups is 2. The minimum atomic E-state index is 0.0666. The quantitative estimate of drug-likeness (QED) is 0.803. The van der Waals surface area contributed by atoms with Crippen LogP contribution in [0.15, 0.2) is 18.2 Å². The highest BCUT2D eigenvalue weighted by atomic mass is 16.5. The number of nitrogens with one attached hydrogen (secondary N) is 2. The van der Waals surface area contributed by atoms with Crippen molar-refractivity contribution in [3.05, 3.63) is 23.8 Å². The van der Waals surface area contributed by atoms with Crippen LogP contribution in [0.4, 0.5) is 5.69 Å². The Morgan fingerprint density at radius 1 is 1.38 bits per heavy atom. The van der Waals surface area contributed by atoms with Crippen molar-refractivity contribution in [2.45, 2.75) is 38.6 Å². The van der Waals surface area contributed by atoms with Crippen LogP contribution < -0.4 is 15.4 Å². The van der Waals surface area contributed by atoms with Gasteiger partial charge in [-0.1, -0.05) is 0 Å². The van der Waals surface area contributed by atoms with E-state index in [1.807, 2.05) is 23.1 Å². The van der Waals surface area contributed by atoms with Crippen LogP contribution in [0.1, 0.15) is 31.7 Å². The summed E-state index contributed by atoms with van der Waals surface area (Å²) in [5, 5.41) is 6.20. The van der Waals surface area contributed by atoms with Crippen LogP contribution in [0.5, 0.6) is 5.75 Å². The first kappa shape index (κ1) is 16.8. The maximum Gasteiger partial charge on any atom is 0.224 e. The smallest absolute Gasteiger partial charge is 0.224 e. The highest BCUT2D eigenvalue weighted by Gasteiger charge is 2.20. The number of nitrogens with zero attached hydrogens (tertiary/aromatic N) is 1. The molecule has 0 bridgehead atoms. The summed E-state index contributed by atoms with van der Waals surface area (Å²) in [4.78, 5) is 25.5. The van der Waals surface area contributed by atoms with E-state index in [1.165, 1.54) is 0 Å². The summed E-state index contributed by atoms with van der Waals surface area (Å²) in [5.74, 6) is 1.07. The van der Waals surface area contributed by atoms with E-state index in [0.29, 0.717) is 31.9 Å². The lowest BCUT2D eigenvalue weighted by Crippen LogP contribution is -2.51. The molecule has 130 valence electrons. The Bertz CT molecular complexity index is 618. The second kappa shape index (κ2) is 7.66. The van der Waals surface area contributed by atoms with Crippen LogP contribution in [0, 0.1) is 0 Å². The highest BCUT2D eigenvalue weighted by Crippen LogP contribution is 2.26. The largest absolute Gasteiger partial charge is 0.494 e. The fourth-order valence-corrected chi connectivity index (χ4v) is 3.18. The molecule has 2 amide bonds. The second-order valence-electron chi connectivity index (χ2n) is 6.51. The minimum Gasteiger partial charge on any atom is -0.494 e. The standard InChI is InChI=1S/C18H25N3O3/c1-13-12-21(9-8-19-13)18(23)3-2-10-24-15-5-6-16-14(11-15)4-7-17(22)20-16/h5-6,11,13,19H,2-4,7-10,12H2,1H3,(H,20,22). The number of benzene rings is 1. The molecule has 1 aromatic rings. The van der Waals surface area contributed by atoms with Crippen molar-refractivity contribution in [1.29, 1.82) is 0 Å². The third-order valence-electron chi connectivity index (χ3n) is 4.50. The molecule has 1 saturated heterocycles. The van der Waals surface area contributed by atoms with E-state index in [4.69, 9.17) is 4.74 Å². The molecule has 2 aliphatic rings. The highest BCUT2D eigenvalue weighted by molar-refractivity contribution is 5.94. The predicted octanol–water partition coefficient (Wildman–Crippen LogP) is 1.55. The van der Waals surface area contributed by atoms with E-state index in [0.717, 1.165) is 43.1 Å². The number of anilines is 1. The Labute approximate surface area is 142 Å². The Morgan fingerprint density at radius 3 is 3.08 bits per heavy atom. The van der Waals surface area contributed by atoms with Crippen LogP contribution >= 0.6 is 0 Å². The summed E-state index contributed by atoms with van der Waals surface area (Å²) in [7, 11) is 0. The van der Waals surface area contributed by atoms with Crippen molar-refractivity contribution in [2.24, 2.45) is 0 Å². The van der Waals surface area contributed by atoms with E-state index in [1.54, 1.807) is 0 Å². The maximum atomic E-state index is 12.2. The van der Waals surface area contributed by atoms with E-state index >= 15 is 0 Å². The predicted molar refractivity (Wildman–Crippen MR) is 92.2 cm³/mol. The molecule has 6 heteroatoms. The van der Waals surface area contributed by atoms with Gasteiger partial charge in [-0.3, -0.25) is 9.59 Å². The van der Waals surface area contributed by atoms with Gasteiger partial charge in [-0.25, -0.2) is 0 Å². The molecule has 0 spiro atoms. The van der Waals surface area contributed by atoms with Crippen molar-refractivity contribution in [1.82, 2.24) is 10.2 Å². The molecule has 0 aromatic heterocycles. The molecule has 0 aliphatic carbocycles. The molecule has 2 N–H and O–H groups in total. The SMILES string of the molecule is CC1CN(C(=O)CCCOc2ccc3c(c2)CCC(=O)N3)CCN1. The molecule has 3 rings (SSSR count). The molecule has 1 atom stereocenters. The lowest BCUT2D eigenvalue weighted by atomic mass is 10.0. The molecule has 2 aliphatic heterocycles. The van der Waals surface area contributed by atoms with Crippen LogP contribution in [0.3, 0.4) is 0 Å². The van der Waals surface area contributed by atoms with Crippen molar-refractivity contribution in [3.8, 4) is 5.75 Å². The number of fused-ring (bicyclic) bond motifs is 1.